The zero-order valence-electron chi connectivity index (χ0n) is 11.2. The number of alkyl halides is 3. The average molecular weight is 275 g/mol. The Morgan fingerprint density at radius 2 is 1.84 bits per heavy atom. The minimum atomic E-state index is -4.34. The van der Waals surface area contributed by atoms with Gasteiger partial charge in [0, 0.05) is 18.7 Å². The number of aliphatic hydroxyl groups is 1. The predicted molar refractivity (Wildman–Crippen MR) is 68.7 cm³/mol. The molecule has 0 spiro atoms. The van der Waals surface area contributed by atoms with E-state index in [9.17, 15) is 13.2 Å². The molecule has 0 aliphatic rings. The Hall–Kier alpha value is -1.07. The lowest BCUT2D eigenvalue weighted by molar-refractivity contribution is -0.138. The number of halogens is 3. The second-order valence-electron chi connectivity index (χ2n) is 4.90. The van der Waals surface area contributed by atoms with Crippen molar-refractivity contribution in [2.45, 2.75) is 44.9 Å². The van der Waals surface area contributed by atoms with Gasteiger partial charge in [0.2, 0.25) is 0 Å². The highest BCUT2D eigenvalue weighted by atomic mass is 19.4. The third-order valence-electron chi connectivity index (χ3n) is 3.47. The van der Waals surface area contributed by atoms with Crippen LogP contribution in [0.4, 0.5) is 13.2 Å². The number of rotatable bonds is 6. The van der Waals surface area contributed by atoms with Crippen LogP contribution in [0, 0.1) is 0 Å². The molecule has 0 aliphatic heterocycles. The van der Waals surface area contributed by atoms with Crippen LogP contribution < -0.4 is 5.32 Å². The maximum atomic E-state index is 12.8. The smallest absolute Gasteiger partial charge is 0.396 e. The van der Waals surface area contributed by atoms with Crippen molar-refractivity contribution in [2.24, 2.45) is 0 Å². The van der Waals surface area contributed by atoms with Crippen LogP contribution >= 0.6 is 0 Å². The number of benzene rings is 1. The summed E-state index contributed by atoms with van der Waals surface area (Å²) in [5, 5.41) is 12.1. The van der Waals surface area contributed by atoms with Crippen LogP contribution in [0.1, 0.15) is 37.8 Å². The molecule has 0 aliphatic carbocycles. The van der Waals surface area contributed by atoms with Crippen molar-refractivity contribution in [1.29, 1.82) is 0 Å². The average Bonchev–Trinajstić information content (AvgIpc) is 2.36. The molecule has 2 nitrogen and oxygen atoms in total. The summed E-state index contributed by atoms with van der Waals surface area (Å²) >= 11 is 0. The first-order valence-electron chi connectivity index (χ1n) is 6.33. The largest absolute Gasteiger partial charge is 0.416 e. The van der Waals surface area contributed by atoms with Crippen molar-refractivity contribution in [2.75, 3.05) is 6.61 Å². The minimum absolute atomic E-state index is 0.0122. The highest BCUT2D eigenvalue weighted by Crippen LogP contribution is 2.32. The summed E-state index contributed by atoms with van der Waals surface area (Å²) in [4.78, 5) is 0. The molecule has 108 valence electrons. The summed E-state index contributed by atoms with van der Waals surface area (Å²) in [6.45, 7) is 4.00. The molecule has 19 heavy (non-hydrogen) atoms. The van der Waals surface area contributed by atoms with E-state index in [4.69, 9.17) is 5.11 Å². The first-order valence-corrected chi connectivity index (χ1v) is 6.33. The van der Waals surface area contributed by atoms with E-state index in [1.807, 2.05) is 13.8 Å². The molecule has 1 atom stereocenters. The van der Waals surface area contributed by atoms with E-state index in [0.29, 0.717) is 6.42 Å². The topological polar surface area (TPSA) is 32.3 Å². The third kappa shape index (κ3) is 4.51. The number of aliphatic hydroxyl groups excluding tert-OH is 1. The normalized spacial score (nSPS) is 15.3. The van der Waals surface area contributed by atoms with Crippen LogP contribution in [-0.4, -0.2) is 17.3 Å². The van der Waals surface area contributed by atoms with E-state index >= 15 is 0 Å². The molecule has 0 heterocycles. The number of hydrogen-bond donors (Lipinski definition) is 2. The second-order valence-corrected chi connectivity index (χ2v) is 4.90. The van der Waals surface area contributed by atoms with Crippen molar-refractivity contribution in [3.05, 3.63) is 35.4 Å². The summed E-state index contributed by atoms with van der Waals surface area (Å²) < 4.78 is 38.5. The Morgan fingerprint density at radius 3 is 2.37 bits per heavy atom. The van der Waals surface area contributed by atoms with Gasteiger partial charge >= 0.3 is 6.18 Å². The standard InChI is InChI=1S/C14H20F3NO/c1-3-13(2,8-9-19)18-10-11-6-4-5-7-12(11)14(15,16)17/h4-7,18-19H,3,8-10H2,1-2H3. The molecule has 0 saturated heterocycles. The van der Waals surface area contributed by atoms with Gasteiger partial charge in [0.05, 0.1) is 5.56 Å². The summed E-state index contributed by atoms with van der Waals surface area (Å²) in [6.07, 6.45) is -3.09. The van der Waals surface area contributed by atoms with Gasteiger partial charge in [-0.05, 0) is 31.4 Å². The number of nitrogens with one attached hydrogen (secondary N) is 1. The predicted octanol–water partition coefficient (Wildman–Crippen LogP) is 3.35. The van der Waals surface area contributed by atoms with Gasteiger partial charge in [-0.15, -0.1) is 0 Å². The molecule has 0 radical (unpaired) electrons. The van der Waals surface area contributed by atoms with E-state index in [1.165, 1.54) is 12.1 Å². The zero-order valence-corrected chi connectivity index (χ0v) is 11.2. The van der Waals surface area contributed by atoms with Gasteiger partial charge in [-0.2, -0.15) is 13.2 Å². The highest BCUT2D eigenvalue weighted by Gasteiger charge is 2.33. The van der Waals surface area contributed by atoms with Crippen LogP contribution in [-0.2, 0) is 12.7 Å². The van der Waals surface area contributed by atoms with E-state index in [2.05, 4.69) is 5.32 Å². The van der Waals surface area contributed by atoms with Crippen molar-refractivity contribution >= 4 is 0 Å². The van der Waals surface area contributed by atoms with Gasteiger partial charge in [-0.25, -0.2) is 0 Å². The fourth-order valence-corrected chi connectivity index (χ4v) is 1.90. The Bertz CT molecular complexity index is 406. The van der Waals surface area contributed by atoms with Crippen molar-refractivity contribution in [3.63, 3.8) is 0 Å². The van der Waals surface area contributed by atoms with Crippen molar-refractivity contribution in [3.8, 4) is 0 Å². The number of hydrogen-bond acceptors (Lipinski definition) is 2. The van der Waals surface area contributed by atoms with Crippen LogP contribution in [0.5, 0.6) is 0 Å². The van der Waals surface area contributed by atoms with E-state index < -0.39 is 11.7 Å². The molecular weight excluding hydrogens is 255 g/mol. The minimum Gasteiger partial charge on any atom is -0.396 e. The van der Waals surface area contributed by atoms with Gasteiger partial charge in [0.15, 0.2) is 0 Å². The van der Waals surface area contributed by atoms with Gasteiger partial charge in [0.1, 0.15) is 0 Å². The van der Waals surface area contributed by atoms with Crippen LogP contribution in [0.25, 0.3) is 0 Å². The summed E-state index contributed by atoms with van der Waals surface area (Å²) in [5.41, 5.74) is -0.731. The Morgan fingerprint density at radius 1 is 1.21 bits per heavy atom. The molecule has 0 amide bonds. The molecule has 1 aromatic rings. The van der Waals surface area contributed by atoms with Gasteiger partial charge in [-0.1, -0.05) is 25.1 Å². The lowest BCUT2D eigenvalue weighted by Gasteiger charge is -2.29. The SMILES string of the molecule is CCC(C)(CCO)NCc1ccccc1C(F)(F)F. The molecule has 0 aromatic heterocycles. The molecular formula is C14H20F3NO. The van der Waals surface area contributed by atoms with Crippen LogP contribution in [0.3, 0.4) is 0 Å². The molecule has 0 saturated carbocycles. The molecule has 1 rings (SSSR count). The fraction of sp³-hybridized carbons (Fsp3) is 0.571. The summed E-state index contributed by atoms with van der Waals surface area (Å²) in [7, 11) is 0. The summed E-state index contributed by atoms with van der Waals surface area (Å²) in [5.74, 6) is 0. The Labute approximate surface area is 111 Å². The van der Waals surface area contributed by atoms with E-state index in [0.717, 1.165) is 12.5 Å². The maximum absolute atomic E-state index is 12.8. The zero-order chi connectivity index (χ0) is 14.5. The van der Waals surface area contributed by atoms with E-state index in [-0.39, 0.29) is 24.3 Å². The lowest BCUT2D eigenvalue weighted by atomic mass is 9.94. The van der Waals surface area contributed by atoms with Gasteiger partial charge in [0.25, 0.3) is 0 Å². The first-order chi connectivity index (χ1) is 8.82. The summed E-state index contributed by atoms with van der Waals surface area (Å²) in [6, 6.07) is 5.55. The molecule has 1 unspecified atom stereocenters. The molecule has 1 aromatic carbocycles. The second kappa shape index (κ2) is 6.39. The Kier molecular flexibility index (Phi) is 5.38. The van der Waals surface area contributed by atoms with Crippen molar-refractivity contribution < 1.29 is 18.3 Å². The monoisotopic (exact) mass is 275 g/mol. The molecule has 2 N–H and O–H groups in total. The van der Waals surface area contributed by atoms with Crippen LogP contribution in [0.2, 0.25) is 0 Å². The molecule has 0 bridgehead atoms. The third-order valence-corrected chi connectivity index (χ3v) is 3.47. The maximum Gasteiger partial charge on any atom is 0.416 e. The quantitative estimate of drug-likeness (QED) is 0.834. The van der Waals surface area contributed by atoms with Crippen molar-refractivity contribution in [1.82, 2.24) is 5.32 Å². The first kappa shape index (κ1) is 16.0. The van der Waals surface area contributed by atoms with E-state index in [1.54, 1.807) is 6.07 Å². The van der Waals surface area contributed by atoms with Gasteiger partial charge < -0.3 is 10.4 Å². The molecule has 5 heteroatoms. The van der Waals surface area contributed by atoms with Gasteiger partial charge in [-0.3, -0.25) is 0 Å². The van der Waals surface area contributed by atoms with Crippen LogP contribution in [0.15, 0.2) is 24.3 Å². The Balaban J connectivity index is 2.83. The fourth-order valence-electron chi connectivity index (χ4n) is 1.90. The lowest BCUT2D eigenvalue weighted by Crippen LogP contribution is -2.42. The highest BCUT2D eigenvalue weighted by molar-refractivity contribution is 5.29. The molecule has 0 fully saturated rings.